The summed E-state index contributed by atoms with van der Waals surface area (Å²) in [4.78, 5) is 4.84. The summed E-state index contributed by atoms with van der Waals surface area (Å²) < 4.78 is 13.5. The van der Waals surface area contributed by atoms with Gasteiger partial charge in [-0.1, -0.05) is 0 Å². The fraction of sp³-hybridized carbons (Fsp3) is 0.600. The highest BCUT2D eigenvalue weighted by molar-refractivity contribution is 5.69. The molecule has 2 bridgehead atoms. The van der Waals surface area contributed by atoms with Gasteiger partial charge in [-0.05, 0) is 50.9 Å². The highest BCUT2D eigenvalue weighted by Gasteiger charge is 2.35. The van der Waals surface area contributed by atoms with E-state index in [4.69, 9.17) is 5.73 Å². The molecule has 2 atom stereocenters. The van der Waals surface area contributed by atoms with Gasteiger partial charge in [-0.15, -0.1) is 0 Å². The molecule has 1 aromatic carbocycles. The molecule has 2 N–H and O–H groups in total. The number of hydrogen-bond acceptors (Lipinski definition) is 3. The van der Waals surface area contributed by atoms with Crippen LogP contribution in [0.5, 0.6) is 0 Å². The van der Waals surface area contributed by atoms with E-state index in [1.165, 1.54) is 25.3 Å². The van der Waals surface area contributed by atoms with E-state index in [0.717, 1.165) is 18.8 Å². The Labute approximate surface area is 114 Å². The van der Waals surface area contributed by atoms with Gasteiger partial charge >= 0.3 is 0 Å². The van der Waals surface area contributed by atoms with Gasteiger partial charge in [-0.25, -0.2) is 4.39 Å². The Kier molecular flexibility index (Phi) is 3.13. The van der Waals surface area contributed by atoms with Crippen LogP contribution in [0.2, 0.25) is 0 Å². The molecule has 3 nitrogen and oxygen atoms in total. The van der Waals surface area contributed by atoms with Crippen LogP contribution < -0.4 is 10.6 Å². The molecular formula is C15H22FN3. The molecule has 2 aliphatic rings. The molecular weight excluding hydrogens is 241 g/mol. The van der Waals surface area contributed by atoms with Gasteiger partial charge in [0.2, 0.25) is 0 Å². The minimum atomic E-state index is -0.213. The molecule has 2 unspecified atom stereocenters. The average Bonchev–Trinajstić information content (AvgIpc) is 2.59. The van der Waals surface area contributed by atoms with Crippen molar-refractivity contribution in [3.8, 4) is 0 Å². The second-order valence-corrected chi connectivity index (χ2v) is 5.95. The van der Waals surface area contributed by atoms with Crippen LogP contribution in [0, 0.1) is 12.7 Å². The predicted molar refractivity (Wildman–Crippen MR) is 77.0 cm³/mol. The summed E-state index contributed by atoms with van der Waals surface area (Å²) in [5.41, 5.74) is 8.24. The first-order valence-electron chi connectivity index (χ1n) is 7.09. The number of likely N-dealkylation sites (N-methyl/N-ethyl adjacent to an activating group) is 1. The molecule has 2 aliphatic heterocycles. The van der Waals surface area contributed by atoms with Crippen molar-refractivity contribution in [1.29, 1.82) is 0 Å². The quantitative estimate of drug-likeness (QED) is 0.790. The molecule has 19 heavy (non-hydrogen) atoms. The van der Waals surface area contributed by atoms with Crippen molar-refractivity contribution < 1.29 is 4.39 Å². The summed E-state index contributed by atoms with van der Waals surface area (Å²) >= 11 is 0. The predicted octanol–water partition coefficient (Wildman–Crippen LogP) is 2.39. The third-order valence-electron chi connectivity index (χ3n) is 4.80. The second kappa shape index (κ2) is 4.67. The molecule has 0 radical (unpaired) electrons. The van der Waals surface area contributed by atoms with Gasteiger partial charge in [-0.3, -0.25) is 4.90 Å². The van der Waals surface area contributed by atoms with E-state index < -0.39 is 0 Å². The van der Waals surface area contributed by atoms with Crippen LogP contribution in [0.1, 0.15) is 24.8 Å². The number of hydrogen-bond donors (Lipinski definition) is 1. The van der Waals surface area contributed by atoms with Gasteiger partial charge in [0.1, 0.15) is 5.82 Å². The maximum Gasteiger partial charge on any atom is 0.128 e. The normalized spacial score (nSPS) is 27.6. The first-order chi connectivity index (χ1) is 9.06. The third-order valence-corrected chi connectivity index (χ3v) is 4.80. The molecule has 0 saturated carbocycles. The van der Waals surface area contributed by atoms with Crippen molar-refractivity contribution in [1.82, 2.24) is 4.90 Å². The molecule has 0 aliphatic carbocycles. The van der Waals surface area contributed by atoms with Crippen LogP contribution in [-0.4, -0.2) is 37.1 Å². The number of benzene rings is 1. The van der Waals surface area contributed by atoms with Gasteiger partial charge in [0.25, 0.3) is 0 Å². The number of nitrogens with zero attached hydrogens (tertiary/aromatic N) is 2. The zero-order chi connectivity index (χ0) is 13.6. The lowest BCUT2D eigenvalue weighted by Crippen LogP contribution is -2.36. The Bertz CT molecular complexity index is 489. The summed E-state index contributed by atoms with van der Waals surface area (Å²) in [7, 11) is 2.23. The van der Waals surface area contributed by atoms with E-state index in [0.29, 0.717) is 23.3 Å². The van der Waals surface area contributed by atoms with Crippen molar-refractivity contribution in [2.75, 3.05) is 30.8 Å². The monoisotopic (exact) mass is 263 g/mol. The van der Waals surface area contributed by atoms with Gasteiger partial charge in [0, 0.05) is 25.2 Å². The zero-order valence-corrected chi connectivity index (χ0v) is 11.7. The minimum absolute atomic E-state index is 0.213. The lowest BCUT2D eigenvalue weighted by molar-refractivity contribution is 0.254. The van der Waals surface area contributed by atoms with Gasteiger partial charge in [0.15, 0.2) is 0 Å². The summed E-state index contributed by atoms with van der Waals surface area (Å²) in [6.07, 6.45) is 3.74. The first kappa shape index (κ1) is 12.7. The van der Waals surface area contributed by atoms with Crippen molar-refractivity contribution in [3.05, 3.63) is 23.5 Å². The van der Waals surface area contributed by atoms with Crippen LogP contribution in [0.4, 0.5) is 15.8 Å². The Morgan fingerprint density at radius 1 is 1.21 bits per heavy atom. The Morgan fingerprint density at radius 2 is 1.95 bits per heavy atom. The van der Waals surface area contributed by atoms with Crippen LogP contribution in [0.15, 0.2) is 12.1 Å². The highest BCUT2D eigenvalue weighted by atomic mass is 19.1. The molecule has 0 amide bonds. The van der Waals surface area contributed by atoms with E-state index in [-0.39, 0.29) is 5.82 Å². The maximum absolute atomic E-state index is 13.5. The van der Waals surface area contributed by atoms with E-state index >= 15 is 0 Å². The largest absolute Gasteiger partial charge is 0.397 e. The van der Waals surface area contributed by atoms with E-state index in [1.807, 2.05) is 6.07 Å². The Balaban J connectivity index is 1.89. The molecule has 2 heterocycles. The summed E-state index contributed by atoms with van der Waals surface area (Å²) in [6.45, 7) is 3.82. The molecule has 2 fully saturated rings. The number of aryl methyl sites for hydroxylation is 1. The Morgan fingerprint density at radius 3 is 2.74 bits per heavy atom. The number of fused-ring (bicyclic) bond motifs is 2. The van der Waals surface area contributed by atoms with Crippen LogP contribution >= 0.6 is 0 Å². The fourth-order valence-corrected chi connectivity index (χ4v) is 3.48. The van der Waals surface area contributed by atoms with Crippen LogP contribution in [0.3, 0.4) is 0 Å². The molecule has 4 heteroatoms. The van der Waals surface area contributed by atoms with Crippen molar-refractivity contribution >= 4 is 11.4 Å². The van der Waals surface area contributed by atoms with E-state index in [2.05, 4.69) is 16.8 Å². The first-order valence-corrected chi connectivity index (χ1v) is 7.09. The number of rotatable bonds is 1. The van der Waals surface area contributed by atoms with Gasteiger partial charge in [-0.2, -0.15) is 0 Å². The summed E-state index contributed by atoms with van der Waals surface area (Å²) in [5.74, 6) is -0.213. The second-order valence-electron chi connectivity index (χ2n) is 5.95. The van der Waals surface area contributed by atoms with Crippen LogP contribution in [-0.2, 0) is 0 Å². The SMILES string of the molecule is Cc1cc(N2CCC3CCC(C2)N3C)c(N)cc1F. The molecule has 0 aromatic heterocycles. The number of anilines is 2. The number of nitrogens with two attached hydrogens (primary N) is 1. The maximum atomic E-state index is 13.5. The minimum Gasteiger partial charge on any atom is -0.397 e. The fourth-order valence-electron chi connectivity index (χ4n) is 3.48. The Hall–Kier alpha value is -1.29. The smallest absolute Gasteiger partial charge is 0.128 e. The van der Waals surface area contributed by atoms with E-state index in [1.54, 1.807) is 6.92 Å². The number of halogens is 1. The molecule has 3 rings (SSSR count). The molecule has 2 saturated heterocycles. The standard InChI is InChI=1S/C15H22FN3/c1-10-7-15(14(17)8-13(10)16)19-6-5-11-3-4-12(9-19)18(11)2/h7-8,11-12H,3-6,9,17H2,1-2H3. The van der Waals surface area contributed by atoms with Crippen molar-refractivity contribution in [3.63, 3.8) is 0 Å². The van der Waals surface area contributed by atoms with Gasteiger partial charge in [0.05, 0.1) is 11.4 Å². The summed E-state index contributed by atoms with van der Waals surface area (Å²) in [6, 6.07) is 4.66. The highest BCUT2D eigenvalue weighted by Crippen LogP contribution is 2.33. The van der Waals surface area contributed by atoms with Gasteiger partial charge < -0.3 is 10.6 Å². The van der Waals surface area contributed by atoms with Crippen molar-refractivity contribution in [2.24, 2.45) is 0 Å². The lowest BCUT2D eigenvalue weighted by Gasteiger charge is -2.29. The molecule has 0 spiro atoms. The van der Waals surface area contributed by atoms with E-state index in [9.17, 15) is 4.39 Å². The zero-order valence-electron chi connectivity index (χ0n) is 11.7. The molecule has 1 aromatic rings. The van der Waals surface area contributed by atoms with Crippen molar-refractivity contribution in [2.45, 2.75) is 38.3 Å². The molecule has 104 valence electrons. The third kappa shape index (κ3) is 2.18. The summed E-state index contributed by atoms with van der Waals surface area (Å²) in [5, 5.41) is 0. The van der Waals surface area contributed by atoms with Crippen LogP contribution in [0.25, 0.3) is 0 Å². The average molecular weight is 263 g/mol. The topological polar surface area (TPSA) is 32.5 Å². The number of nitrogen functional groups attached to an aromatic ring is 1. The lowest BCUT2D eigenvalue weighted by atomic mass is 10.1.